The van der Waals surface area contributed by atoms with Gasteiger partial charge < -0.3 is 14.2 Å². The second-order valence-electron chi connectivity index (χ2n) is 8.83. The normalized spacial score (nSPS) is 21.0. The van der Waals surface area contributed by atoms with Crippen LogP contribution in [0.1, 0.15) is 18.7 Å². The molecule has 0 saturated carbocycles. The molecule has 1 aromatic heterocycles. The number of fused-ring (bicyclic) bond motifs is 1. The van der Waals surface area contributed by atoms with Gasteiger partial charge in [0.15, 0.2) is 0 Å². The molecule has 31 heavy (non-hydrogen) atoms. The lowest BCUT2D eigenvalue weighted by atomic mass is 10.0. The Balaban J connectivity index is 1.18. The lowest BCUT2D eigenvalue weighted by Crippen LogP contribution is -2.55. The molecular weight excluding hydrogens is 386 g/mol. The maximum atomic E-state index is 5.29. The zero-order valence-corrected chi connectivity index (χ0v) is 18.7. The van der Waals surface area contributed by atoms with Gasteiger partial charge in [-0.05, 0) is 55.8 Å². The Morgan fingerprint density at radius 2 is 1.74 bits per heavy atom. The number of anilines is 1. The topological polar surface area (TPSA) is 36.8 Å². The highest BCUT2D eigenvalue weighted by Crippen LogP contribution is 2.24. The van der Waals surface area contributed by atoms with Crippen molar-refractivity contribution in [1.82, 2.24) is 19.4 Å². The van der Waals surface area contributed by atoms with Crippen LogP contribution in [0.2, 0.25) is 0 Å². The summed E-state index contributed by atoms with van der Waals surface area (Å²) in [6, 6.07) is 17.6. The molecule has 0 unspecified atom stereocenters. The highest BCUT2D eigenvalue weighted by atomic mass is 16.5. The number of hydrogen-bond acceptors (Lipinski definition) is 5. The summed E-state index contributed by atoms with van der Waals surface area (Å²) in [7, 11) is 3.86. The standard InChI is InChI=1S/C25H33N5O/c1-27-24-8-4-3-7-23(24)26-25(27)19-28-13-5-6-21(18-28)30-16-14-29(15-17-30)20-9-11-22(31-2)12-10-20/h3-4,7-12,21H,5-6,13-19H2,1-2H3/t21-/m0/s1. The molecule has 1 atom stereocenters. The molecule has 3 aromatic rings. The smallest absolute Gasteiger partial charge is 0.123 e. The molecule has 5 rings (SSSR count). The number of aromatic nitrogens is 2. The Morgan fingerprint density at radius 1 is 0.968 bits per heavy atom. The van der Waals surface area contributed by atoms with Gasteiger partial charge in [0.05, 0.1) is 24.7 Å². The number of likely N-dealkylation sites (tertiary alicyclic amines) is 1. The lowest BCUT2D eigenvalue weighted by Gasteiger charge is -2.44. The van der Waals surface area contributed by atoms with Gasteiger partial charge in [0.2, 0.25) is 0 Å². The average Bonchev–Trinajstić information content (AvgIpc) is 3.15. The molecule has 0 N–H and O–H groups in total. The summed E-state index contributed by atoms with van der Waals surface area (Å²) in [5, 5.41) is 0. The van der Waals surface area contributed by atoms with Crippen LogP contribution in [0.5, 0.6) is 5.75 Å². The largest absolute Gasteiger partial charge is 0.497 e. The Kier molecular flexibility index (Phi) is 5.83. The van der Waals surface area contributed by atoms with Crippen LogP contribution in [-0.4, -0.2) is 71.8 Å². The number of hydrogen-bond donors (Lipinski definition) is 0. The Labute approximate surface area is 185 Å². The summed E-state index contributed by atoms with van der Waals surface area (Å²) in [5.74, 6) is 2.09. The van der Waals surface area contributed by atoms with Crippen molar-refractivity contribution < 1.29 is 4.74 Å². The van der Waals surface area contributed by atoms with Crippen LogP contribution >= 0.6 is 0 Å². The number of nitrogens with zero attached hydrogens (tertiary/aromatic N) is 5. The van der Waals surface area contributed by atoms with Crippen LogP contribution in [0.3, 0.4) is 0 Å². The maximum Gasteiger partial charge on any atom is 0.123 e. The van der Waals surface area contributed by atoms with E-state index < -0.39 is 0 Å². The number of benzene rings is 2. The maximum absolute atomic E-state index is 5.29. The van der Waals surface area contributed by atoms with Gasteiger partial charge in [-0.25, -0.2) is 4.98 Å². The van der Waals surface area contributed by atoms with Crippen molar-refractivity contribution in [3.8, 4) is 5.75 Å². The van der Waals surface area contributed by atoms with Gasteiger partial charge in [0, 0.05) is 51.5 Å². The van der Waals surface area contributed by atoms with E-state index in [1.807, 2.05) is 0 Å². The fourth-order valence-electron chi connectivity index (χ4n) is 5.15. The second kappa shape index (κ2) is 8.89. The molecule has 0 radical (unpaired) electrons. The van der Waals surface area contributed by atoms with E-state index in [4.69, 9.17) is 9.72 Å². The van der Waals surface area contributed by atoms with E-state index in [1.165, 1.54) is 36.4 Å². The van der Waals surface area contributed by atoms with Crippen molar-refractivity contribution in [1.29, 1.82) is 0 Å². The number of piperidine rings is 1. The SMILES string of the molecule is COc1ccc(N2CCN([C@H]3CCCN(Cc4nc5ccccc5n4C)C3)CC2)cc1. The molecule has 0 bridgehead atoms. The minimum Gasteiger partial charge on any atom is -0.497 e. The van der Waals surface area contributed by atoms with Gasteiger partial charge in [0.1, 0.15) is 11.6 Å². The number of para-hydroxylation sites is 2. The van der Waals surface area contributed by atoms with Crippen molar-refractivity contribution in [2.45, 2.75) is 25.4 Å². The van der Waals surface area contributed by atoms with Crippen LogP contribution in [-0.2, 0) is 13.6 Å². The number of ether oxygens (including phenoxy) is 1. The monoisotopic (exact) mass is 419 g/mol. The van der Waals surface area contributed by atoms with E-state index in [-0.39, 0.29) is 0 Å². The lowest BCUT2D eigenvalue weighted by molar-refractivity contribution is 0.0870. The number of aryl methyl sites for hydroxylation is 1. The number of imidazole rings is 1. The van der Waals surface area contributed by atoms with E-state index >= 15 is 0 Å². The first-order chi connectivity index (χ1) is 15.2. The zero-order valence-electron chi connectivity index (χ0n) is 18.7. The third-order valence-electron chi connectivity index (χ3n) is 6.99. The second-order valence-corrected chi connectivity index (χ2v) is 8.83. The summed E-state index contributed by atoms with van der Waals surface area (Å²) in [5.41, 5.74) is 3.62. The molecule has 0 spiro atoms. The van der Waals surface area contributed by atoms with E-state index in [0.29, 0.717) is 6.04 Å². The van der Waals surface area contributed by atoms with Crippen LogP contribution in [0.15, 0.2) is 48.5 Å². The van der Waals surface area contributed by atoms with Gasteiger partial charge >= 0.3 is 0 Å². The molecular formula is C25H33N5O. The van der Waals surface area contributed by atoms with Crippen molar-refractivity contribution >= 4 is 16.7 Å². The molecule has 3 heterocycles. The number of piperazine rings is 1. The summed E-state index contributed by atoms with van der Waals surface area (Å²) >= 11 is 0. The van der Waals surface area contributed by atoms with E-state index in [9.17, 15) is 0 Å². The third-order valence-corrected chi connectivity index (χ3v) is 6.99. The van der Waals surface area contributed by atoms with Crippen molar-refractivity contribution in [2.24, 2.45) is 7.05 Å². The fourth-order valence-corrected chi connectivity index (χ4v) is 5.15. The highest BCUT2D eigenvalue weighted by molar-refractivity contribution is 5.75. The molecule has 2 aliphatic rings. The summed E-state index contributed by atoms with van der Waals surface area (Å²) in [6.45, 7) is 7.71. The van der Waals surface area contributed by atoms with E-state index in [1.54, 1.807) is 7.11 Å². The van der Waals surface area contributed by atoms with E-state index in [2.05, 4.69) is 74.8 Å². The number of rotatable bonds is 5. The van der Waals surface area contributed by atoms with Gasteiger partial charge in [-0.2, -0.15) is 0 Å². The molecule has 6 heteroatoms. The van der Waals surface area contributed by atoms with Gasteiger partial charge in [-0.3, -0.25) is 9.80 Å². The summed E-state index contributed by atoms with van der Waals surface area (Å²) < 4.78 is 7.55. The van der Waals surface area contributed by atoms with Crippen molar-refractivity contribution in [3.63, 3.8) is 0 Å². The van der Waals surface area contributed by atoms with Gasteiger partial charge in [-0.1, -0.05) is 12.1 Å². The fraction of sp³-hybridized carbons (Fsp3) is 0.480. The van der Waals surface area contributed by atoms with Gasteiger partial charge in [-0.15, -0.1) is 0 Å². The Hall–Kier alpha value is -2.57. The predicted octanol–water partition coefficient (Wildman–Crippen LogP) is 3.37. The van der Waals surface area contributed by atoms with Gasteiger partial charge in [0.25, 0.3) is 0 Å². The molecule has 2 fully saturated rings. The molecule has 164 valence electrons. The minimum atomic E-state index is 0.654. The van der Waals surface area contributed by atoms with Crippen LogP contribution in [0, 0.1) is 0 Å². The molecule has 2 aliphatic heterocycles. The Bertz CT molecular complexity index is 1010. The first-order valence-corrected chi connectivity index (χ1v) is 11.5. The van der Waals surface area contributed by atoms with Crippen LogP contribution in [0.4, 0.5) is 5.69 Å². The minimum absolute atomic E-state index is 0.654. The predicted molar refractivity (Wildman–Crippen MR) is 126 cm³/mol. The van der Waals surface area contributed by atoms with Crippen molar-refractivity contribution in [2.75, 3.05) is 51.3 Å². The van der Waals surface area contributed by atoms with E-state index in [0.717, 1.165) is 50.5 Å². The molecule has 0 amide bonds. The highest BCUT2D eigenvalue weighted by Gasteiger charge is 2.28. The third kappa shape index (κ3) is 4.27. The van der Waals surface area contributed by atoms with Crippen LogP contribution < -0.4 is 9.64 Å². The summed E-state index contributed by atoms with van der Waals surface area (Å²) in [4.78, 5) is 12.7. The van der Waals surface area contributed by atoms with Crippen LogP contribution in [0.25, 0.3) is 11.0 Å². The first kappa shape index (κ1) is 20.3. The molecule has 0 aliphatic carbocycles. The summed E-state index contributed by atoms with van der Waals surface area (Å²) in [6.07, 6.45) is 2.58. The molecule has 2 aromatic carbocycles. The zero-order chi connectivity index (χ0) is 21.2. The first-order valence-electron chi connectivity index (χ1n) is 11.5. The molecule has 2 saturated heterocycles. The Morgan fingerprint density at radius 3 is 2.48 bits per heavy atom. The molecule has 6 nitrogen and oxygen atoms in total. The number of methoxy groups -OCH3 is 1. The van der Waals surface area contributed by atoms with Crippen molar-refractivity contribution in [3.05, 3.63) is 54.4 Å². The quantitative estimate of drug-likeness (QED) is 0.634. The average molecular weight is 420 g/mol.